The predicted molar refractivity (Wildman–Crippen MR) is 150 cm³/mol. The molecule has 2 saturated heterocycles. The summed E-state index contributed by atoms with van der Waals surface area (Å²) in [6, 6.07) is 5.74. The molecule has 0 radical (unpaired) electrons. The third kappa shape index (κ3) is 7.31. The van der Waals surface area contributed by atoms with Crippen LogP contribution < -0.4 is 4.74 Å². The molecule has 1 N–H and O–H groups in total. The second-order valence-corrected chi connectivity index (χ2v) is 11.6. The van der Waals surface area contributed by atoms with Gasteiger partial charge in [0.2, 0.25) is 11.8 Å². The molecule has 9 nitrogen and oxygen atoms in total. The van der Waals surface area contributed by atoms with Gasteiger partial charge in [-0.3, -0.25) is 19.3 Å². The van der Waals surface area contributed by atoms with E-state index in [1.807, 2.05) is 36.0 Å². The van der Waals surface area contributed by atoms with Gasteiger partial charge in [0.15, 0.2) is 0 Å². The van der Waals surface area contributed by atoms with Crippen molar-refractivity contribution >= 4 is 17.8 Å². The first-order valence-corrected chi connectivity index (χ1v) is 14.7. The molecule has 3 heterocycles. The van der Waals surface area contributed by atoms with Crippen LogP contribution in [0.4, 0.5) is 0 Å². The highest BCUT2D eigenvalue weighted by Crippen LogP contribution is 2.41. The van der Waals surface area contributed by atoms with Crippen LogP contribution in [-0.2, 0) is 20.8 Å². The van der Waals surface area contributed by atoms with E-state index >= 15 is 0 Å². The number of carboxylic acids is 1. The van der Waals surface area contributed by atoms with Crippen molar-refractivity contribution in [2.75, 3.05) is 66.5 Å². The van der Waals surface area contributed by atoms with Gasteiger partial charge in [-0.2, -0.15) is 0 Å². The largest absolute Gasteiger partial charge is 0.493 e. The fourth-order valence-electron chi connectivity index (χ4n) is 6.42. The molecule has 2 fully saturated rings. The van der Waals surface area contributed by atoms with Crippen LogP contribution >= 0.6 is 0 Å². The van der Waals surface area contributed by atoms with Crippen molar-refractivity contribution in [2.24, 2.45) is 5.92 Å². The van der Waals surface area contributed by atoms with Crippen molar-refractivity contribution in [3.63, 3.8) is 0 Å². The molecular formula is C30H46N4O5. The van der Waals surface area contributed by atoms with Gasteiger partial charge < -0.3 is 24.5 Å². The number of amides is 2. The molecule has 1 aromatic rings. The Labute approximate surface area is 233 Å². The number of carbonyl (C=O) groups excluding carboxylic acids is 2. The zero-order chi connectivity index (χ0) is 27.9. The maximum absolute atomic E-state index is 13.7. The summed E-state index contributed by atoms with van der Waals surface area (Å²) in [5.41, 5.74) is 2.12. The summed E-state index contributed by atoms with van der Waals surface area (Å²) >= 11 is 0. The van der Waals surface area contributed by atoms with Crippen LogP contribution in [0.5, 0.6) is 5.75 Å². The lowest BCUT2D eigenvalue weighted by Crippen LogP contribution is -2.46. The van der Waals surface area contributed by atoms with Crippen molar-refractivity contribution < 1.29 is 24.2 Å². The Morgan fingerprint density at radius 1 is 1.13 bits per heavy atom. The highest BCUT2D eigenvalue weighted by Gasteiger charge is 2.47. The monoisotopic (exact) mass is 542 g/mol. The molecule has 39 heavy (non-hydrogen) atoms. The van der Waals surface area contributed by atoms with Gasteiger partial charge in [0.05, 0.1) is 19.1 Å². The molecule has 3 aliphatic heterocycles. The molecule has 4 rings (SSSR count). The van der Waals surface area contributed by atoms with Gasteiger partial charge >= 0.3 is 5.97 Å². The van der Waals surface area contributed by atoms with E-state index in [9.17, 15) is 19.5 Å². The topological polar surface area (TPSA) is 93.6 Å². The summed E-state index contributed by atoms with van der Waals surface area (Å²) in [4.78, 5) is 46.8. The SMILES string of the molecule is CCCCN(CCCN(C)C)C(=O)CN1C[C@H](c2ccc3c(c2)CCO3)[C@@H](C(=O)O)[C@@H]1CCN1CCCC1=O. The van der Waals surface area contributed by atoms with Crippen molar-refractivity contribution in [2.45, 2.75) is 63.8 Å². The summed E-state index contributed by atoms with van der Waals surface area (Å²) in [6.45, 7) is 7.10. The smallest absolute Gasteiger partial charge is 0.308 e. The number of hydrogen-bond acceptors (Lipinski definition) is 6. The van der Waals surface area contributed by atoms with E-state index in [1.54, 1.807) is 0 Å². The molecular weight excluding hydrogens is 496 g/mol. The van der Waals surface area contributed by atoms with E-state index in [-0.39, 0.29) is 30.3 Å². The number of benzene rings is 1. The van der Waals surface area contributed by atoms with Crippen LogP contribution in [0.3, 0.4) is 0 Å². The van der Waals surface area contributed by atoms with Crippen LogP contribution in [0, 0.1) is 5.92 Å². The summed E-state index contributed by atoms with van der Waals surface area (Å²) in [7, 11) is 4.07. The Morgan fingerprint density at radius 2 is 1.92 bits per heavy atom. The molecule has 3 aliphatic rings. The number of ether oxygens (including phenoxy) is 1. The molecule has 0 saturated carbocycles. The minimum atomic E-state index is -0.835. The Balaban J connectivity index is 1.55. The lowest BCUT2D eigenvalue weighted by molar-refractivity contribution is -0.144. The lowest BCUT2D eigenvalue weighted by atomic mass is 9.83. The van der Waals surface area contributed by atoms with Crippen LogP contribution in [0.15, 0.2) is 18.2 Å². The summed E-state index contributed by atoms with van der Waals surface area (Å²) in [5, 5.41) is 10.5. The average Bonchev–Trinajstić information content (AvgIpc) is 3.62. The molecule has 1 aromatic carbocycles. The molecule has 0 spiro atoms. The number of fused-ring (bicyclic) bond motifs is 1. The van der Waals surface area contributed by atoms with E-state index in [1.165, 1.54) is 0 Å². The number of hydrogen-bond donors (Lipinski definition) is 1. The van der Waals surface area contributed by atoms with Crippen LogP contribution in [0.2, 0.25) is 0 Å². The van der Waals surface area contributed by atoms with Gasteiger partial charge in [-0.25, -0.2) is 0 Å². The number of nitrogens with zero attached hydrogens (tertiary/aromatic N) is 4. The lowest BCUT2D eigenvalue weighted by Gasteiger charge is -2.31. The van der Waals surface area contributed by atoms with Crippen LogP contribution in [0.25, 0.3) is 0 Å². The minimum Gasteiger partial charge on any atom is -0.493 e. The number of aliphatic carboxylic acids is 1. The number of carboxylic acid groups (broad SMARTS) is 1. The van der Waals surface area contributed by atoms with Crippen molar-refractivity contribution in [1.82, 2.24) is 19.6 Å². The normalized spacial score (nSPS) is 22.9. The molecule has 0 bridgehead atoms. The Hall–Kier alpha value is -2.65. The predicted octanol–water partition coefficient (Wildman–Crippen LogP) is 2.68. The van der Waals surface area contributed by atoms with Gasteiger partial charge in [0.1, 0.15) is 5.75 Å². The first-order valence-electron chi connectivity index (χ1n) is 14.7. The van der Waals surface area contributed by atoms with Crippen molar-refractivity contribution in [1.29, 1.82) is 0 Å². The number of likely N-dealkylation sites (tertiary alicyclic amines) is 2. The number of carbonyl (C=O) groups is 3. The van der Waals surface area contributed by atoms with Crippen LogP contribution in [0.1, 0.15) is 62.5 Å². The zero-order valence-corrected chi connectivity index (χ0v) is 23.9. The first kappa shape index (κ1) is 29.3. The van der Waals surface area contributed by atoms with Gasteiger partial charge in [-0.05, 0) is 63.5 Å². The second-order valence-electron chi connectivity index (χ2n) is 11.6. The number of unbranched alkanes of at least 4 members (excludes halogenated alkanes) is 1. The maximum Gasteiger partial charge on any atom is 0.308 e. The first-order chi connectivity index (χ1) is 18.8. The maximum atomic E-state index is 13.7. The Morgan fingerprint density at radius 3 is 2.62 bits per heavy atom. The molecule has 0 unspecified atom stereocenters. The average molecular weight is 543 g/mol. The molecule has 3 atom stereocenters. The summed E-state index contributed by atoms with van der Waals surface area (Å²) < 4.78 is 5.68. The fraction of sp³-hybridized carbons (Fsp3) is 0.700. The van der Waals surface area contributed by atoms with Crippen LogP contribution in [-0.4, -0.2) is 115 Å². The summed E-state index contributed by atoms with van der Waals surface area (Å²) in [6.07, 6.45) is 5.67. The quantitative estimate of drug-likeness (QED) is 0.386. The van der Waals surface area contributed by atoms with E-state index in [4.69, 9.17) is 4.74 Å². The third-order valence-electron chi connectivity index (χ3n) is 8.55. The fourth-order valence-corrected chi connectivity index (χ4v) is 6.42. The van der Waals surface area contributed by atoms with Gasteiger partial charge in [0, 0.05) is 57.5 Å². The summed E-state index contributed by atoms with van der Waals surface area (Å²) in [5.74, 6) is -0.616. The van der Waals surface area contributed by atoms with Gasteiger partial charge in [0.25, 0.3) is 0 Å². The second kappa shape index (κ2) is 13.6. The van der Waals surface area contributed by atoms with E-state index in [2.05, 4.69) is 22.8 Å². The Bertz CT molecular complexity index is 1020. The molecule has 2 amide bonds. The number of rotatable bonds is 14. The molecule has 0 aliphatic carbocycles. The van der Waals surface area contributed by atoms with Crippen molar-refractivity contribution in [3.8, 4) is 5.75 Å². The molecule has 9 heteroatoms. The third-order valence-corrected chi connectivity index (χ3v) is 8.55. The highest BCUT2D eigenvalue weighted by molar-refractivity contribution is 5.79. The Kier molecular flexibility index (Phi) is 10.2. The molecule has 0 aromatic heterocycles. The van der Waals surface area contributed by atoms with E-state index in [0.29, 0.717) is 39.1 Å². The standard InChI is InChI=1S/C30H46N4O5/c1-4-5-14-32(16-7-13-31(2)3)28(36)21-34-20-24(22-9-10-26-23(19-22)12-18-39-26)29(30(37)38)25(34)11-17-33-15-6-8-27(33)35/h9-10,19,24-25,29H,4-8,11-18,20-21H2,1-3H3,(H,37,38)/t24-,25+,29-/m1/s1. The van der Waals surface area contributed by atoms with Gasteiger partial charge in [-0.1, -0.05) is 25.5 Å². The zero-order valence-electron chi connectivity index (χ0n) is 23.9. The van der Waals surface area contributed by atoms with Crippen molar-refractivity contribution in [3.05, 3.63) is 29.3 Å². The minimum absolute atomic E-state index is 0.0663. The highest BCUT2D eigenvalue weighted by atomic mass is 16.5. The van der Waals surface area contributed by atoms with E-state index < -0.39 is 11.9 Å². The van der Waals surface area contributed by atoms with E-state index in [0.717, 1.165) is 68.6 Å². The van der Waals surface area contributed by atoms with Gasteiger partial charge in [-0.15, -0.1) is 0 Å². The molecule has 216 valence electrons.